The van der Waals surface area contributed by atoms with E-state index in [9.17, 15) is 4.79 Å². The summed E-state index contributed by atoms with van der Waals surface area (Å²) < 4.78 is 0. The van der Waals surface area contributed by atoms with Gasteiger partial charge in [-0.25, -0.2) is 0 Å². The third-order valence-corrected chi connectivity index (χ3v) is 2.76. The van der Waals surface area contributed by atoms with Gasteiger partial charge in [-0.2, -0.15) is 0 Å². The van der Waals surface area contributed by atoms with Crippen molar-refractivity contribution in [1.82, 2.24) is 4.98 Å². The molecule has 1 aromatic heterocycles. The number of nitrogens with zero attached hydrogens (tertiary/aromatic N) is 1. The Balaban J connectivity index is 2.53. The number of hydrogen-bond acceptors (Lipinski definition) is 4. The lowest BCUT2D eigenvalue weighted by atomic mass is 10.1. The number of anilines is 1. The van der Waals surface area contributed by atoms with Gasteiger partial charge in [-0.3, -0.25) is 9.78 Å². The third-order valence-electron chi connectivity index (χ3n) is 2.76. The van der Waals surface area contributed by atoms with Crippen molar-refractivity contribution < 1.29 is 4.79 Å². The largest absolute Gasteiger partial charge is 0.382 e. The maximum Gasteiger partial charge on any atom is 0.252 e. The molecule has 0 bridgehead atoms. The third kappa shape index (κ3) is 3.00. The molecule has 5 heteroatoms. The molecule has 0 radical (unpaired) electrons. The molecule has 1 amide bonds. The molecule has 0 aliphatic heterocycles. The van der Waals surface area contributed by atoms with Crippen LogP contribution in [0.2, 0.25) is 0 Å². The molecule has 0 unspecified atom stereocenters. The van der Waals surface area contributed by atoms with Crippen molar-refractivity contribution in [2.75, 3.05) is 11.9 Å². The number of rotatable bonds is 4. The highest BCUT2D eigenvalue weighted by Crippen LogP contribution is 2.25. The number of pyridine rings is 1. The Morgan fingerprint density at radius 3 is 2.68 bits per heavy atom. The number of carbonyl (C=O) groups is 1. The van der Waals surface area contributed by atoms with Crippen LogP contribution in [0.1, 0.15) is 24.2 Å². The summed E-state index contributed by atoms with van der Waals surface area (Å²) in [6.45, 7) is 4.35. The average molecular weight is 258 g/mol. The number of benzene rings is 1. The second-order valence-corrected chi connectivity index (χ2v) is 5.27. The molecule has 0 aliphatic carbocycles. The van der Waals surface area contributed by atoms with Crippen LogP contribution < -0.4 is 16.8 Å². The molecule has 5 N–H and O–H groups in total. The van der Waals surface area contributed by atoms with Gasteiger partial charge in [0.15, 0.2) is 0 Å². The first kappa shape index (κ1) is 13.3. The highest BCUT2D eigenvalue weighted by molar-refractivity contribution is 6.06. The Labute approximate surface area is 112 Å². The molecule has 2 aromatic rings. The minimum atomic E-state index is -0.504. The van der Waals surface area contributed by atoms with E-state index < -0.39 is 5.91 Å². The number of carbonyl (C=O) groups excluding carboxylic acids is 1. The molecule has 100 valence electrons. The lowest BCUT2D eigenvalue weighted by Crippen LogP contribution is -2.40. The second kappa shape index (κ2) is 4.85. The summed E-state index contributed by atoms with van der Waals surface area (Å²) in [6, 6.07) is 7.59. The van der Waals surface area contributed by atoms with Crippen LogP contribution in [-0.4, -0.2) is 23.0 Å². The van der Waals surface area contributed by atoms with Crippen molar-refractivity contribution in [1.29, 1.82) is 0 Å². The summed E-state index contributed by atoms with van der Waals surface area (Å²) in [6.07, 6.45) is 1.50. The predicted octanol–water partition coefficient (Wildman–Crippen LogP) is 1.48. The first-order valence-corrected chi connectivity index (χ1v) is 6.09. The molecular formula is C14H18N4O. The number of nitrogens with two attached hydrogens (primary N) is 2. The van der Waals surface area contributed by atoms with Crippen molar-refractivity contribution in [3.8, 4) is 0 Å². The van der Waals surface area contributed by atoms with E-state index in [0.717, 1.165) is 10.9 Å². The highest BCUT2D eigenvalue weighted by atomic mass is 16.1. The Morgan fingerprint density at radius 2 is 2.05 bits per heavy atom. The van der Waals surface area contributed by atoms with E-state index in [0.29, 0.717) is 17.8 Å². The van der Waals surface area contributed by atoms with Crippen molar-refractivity contribution in [2.45, 2.75) is 19.4 Å². The zero-order valence-electron chi connectivity index (χ0n) is 11.1. The van der Waals surface area contributed by atoms with Gasteiger partial charge in [-0.15, -0.1) is 0 Å². The molecule has 0 saturated heterocycles. The van der Waals surface area contributed by atoms with Crippen LogP contribution >= 0.6 is 0 Å². The number of aromatic nitrogens is 1. The van der Waals surface area contributed by atoms with Crippen molar-refractivity contribution in [3.63, 3.8) is 0 Å². The number of nitrogens with one attached hydrogen (secondary N) is 1. The van der Waals surface area contributed by atoms with Crippen LogP contribution in [0.25, 0.3) is 10.9 Å². The second-order valence-electron chi connectivity index (χ2n) is 5.27. The molecule has 0 atom stereocenters. The van der Waals surface area contributed by atoms with Gasteiger partial charge >= 0.3 is 0 Å². The van der Waals surface area contributed by atoms with Gasteiger partial charge in [-0.05, 0) is 19.9 Å². The Bertz CT molecular complexity index is 616. The number of hydrogen-bond donors (Lipinski definition) is 3. The first-order valence-electron chi connectivity index (χ1n) is 6.09. The van der Waals surface area contributed by atoms with Crippen LogP contribution in [0.5, 0.6) is 0 Å². The fourth-order valence-electron chi connectivity index (χ4n) is 1.83. The van der Waals surface area contributed by atoms with Crippen molar-refractivity contribution >= 4 is 22.5 Å². The van der Waals surface area contributed by atoms with Gasteiger partial charge in [0.2, 0.25) is 0 Å². The van der Waals surface area contributed by atoms with E-state index in [4.69, 9.17) is 11.5 Å². The van der Waals surface area contributed by atoms with Gasteiger partial charge in [-0.1, -0.05) is 18.2 Å². The molecular weight excluding hydrogens is 240 g/mol. The topological polar surface area (TPSA) is 94.0 Å². The Morgan fingerprint density at radius 1 is 1.37 bits per heavy atom. The number of amides is 1. The maximum atomic E-state index is 11.5. The molecule has 0 spiro atoms. The van der Waals surface area contributed by atoms with Gasteiger partial charge in [0, 0.05) is 23.7 Å². The lowest BCUT2D eigenvalue weighted by Gasteiger charge is -2.21. The van der Waals surface area contributed by atoms with Crippen molar-refractivity contribution in [3.05, 3.63) is 36.0 Å². The predicted molar refractivity (Wildman–Crippen MR) is 77.0 cm³/mol. The zero-order chi connectivity index (χ0) is 14.0. The molecule has 2 rings (SSSR count). The normalized spacial score (nSPS) is 11.5. The molecule has 1 heterocycles. The number of fused-ring (bicyclic) bond motifs is 1. The maximum absolute atomic E-state index is 11.5. The molecule has 19 heavy (non-hydrogen) atoms. The standard InChI is InChI=1S/C14H18N4O/c1-14(2,16)8-18-12-9-5-3-4-6-11(9)17-7-10(12)13(15)19/h3-7H,8,16H2,1-2H3,(H2,15,19)(H,17,18). The number of para-hydroxylation sites is 1. The van der Waals surface area contributed by atoms with Gasteiger partial charge in [0.25, 0.3) is 5.91 Å². The summed E-state index contributed by atoms with van der Waals surface area (Å²) in [5.74, 6) is -0.504. The van der Waals surface area contributed by atoms with Crippen molar-refractivity contribution in [2.24, 2.45) is 11.5 Å². The highest BCUT2D eigenvalue weighted by Gasteiger charge is 2.16. The zero-order valence-corrected chi connectivity index (χ0v) is 11.1. The summed E-state index contributed by atoms with van der Waals surface area (Å²) in [5, 5.41) is 4.08. The molecule has 0 aliphatic rings. The lowest BCUT2D eigenvalue weighted by molar-refractivity contribution is 0.100. The van der Waals surface area contributed by atoms with Crippen LogP contribution in [0.15, 0.2) is 30.5 Å². The van der Waals surface area contributed by atoms with E-state index in [1.165, 1.54) is 6.20 Å². The minimum absolute atomic E-state index is 0.378. The van der Waals surface area contributed by atoms with Crippen LogP contribution in [0, 0.1) is 0 Å². The SMILES string of the molecule is CC(C)(N)CNc1c(C(N)=O)cnc2ccccc12. The quantitative estimate of drug-likeness (QED) is 0.774. The molecule has 1 aromatic carbocycles. The van der Waals surface area contributed by atoms with E-state index >= 15 is 0 Å². The summed E-state index contributed by atoms with van der Waals surface area (Å²) in [7, 11) is 0. The van der Waals surface area contributed by atoms with E-state index in [1.54, 1.807) is 0 Å². The van der Waals surface area contributed by atoms with Crippen LogP contribution in [-0.2, 0) is 0 Å². The first-order chi connectivity index (χ1) is 8.88. The summed E-state index contributed by atoms with van der Waals surface area (Å²) in [5.41, 5.74) is 12.8. The van der Waals surface area contributed by atoms with Gasteiger partial charge in [0.1, 0.15) is 0 Å². The van der Waals surface area contributed by atoms with Crippen LogP contribution in [0.4, 0.5) is 5.69 Å². The molecule has 5 nitrogen and oxygen atoms in total. The minimum Gasteiger partial charge on any atom is -0.382 e. The average Bonchev–Trinajstić information content (AvgIpc) is 2.34. The molecule has 0 fully saturated rings. The van der Waals surface area contributed by atoms with Crippen LogP contribution in [0.3, 0.4) is 0 Å². The summed E-state index contributed by atoms with van der Waals surface area (Å²) >= 11 is 0. The fraction of sp³-hybridized carbons (Fsp3) is 0.286. The summed E-state index contributed by atoms with van der Waals surface area (Å²) in [4.78, 5) is 15.7. The number of primary amides is 1. The van der Waals surface area contributed by atoms with Gasteiger partial charge in [0.05, 0.1) is 16.8 Å². The Kier molecular flexibility index (Phi) is 3.40. The monoisotopic (exact) mass is 258 g/mol. The fourth-order valence-corrected chi connectivity index (χ4v) is 1.83. The Hall–Kier alpha value is -2.14. The molecule has 0 saturated carbocycles. The van der Waals surface area contributed by atoms with E-state index in [2.05, 4.69) is 10.3 Å². The smallest absolute Gasteiger partial charge is 0.252 e. The van der Waals surface area contributed by atoms with E-state index in [1.807, 2.05) is 38.1 Å². The van der Waals surface area contributed by atoms with Gasteiger partial charge < -0.3 is 16.8 Å². The van der Waals surface area contributed by atoms with E-state index in [-0.39, 0.29) is 5.54 Å².